The monoisotopic (exact) mass is 222 g/mol. The molecular formula is C13H22OSi. The summed E-state index contributed by atoms with van der Waals surface area (Å²) in [7, 11) is -1.19. The van der Waals surface area contributed by atoms with Crippen molar-refractivity contribution in [3.63, 3.8) is 0 Å². The Hall–Kier alpha value is -0.603. The van der Waals surface area contributed by atoms with Gasteiger partial charge in [-0.3, -0.25) is 0 Å². The summed E-state index contributed by atoms with van der Waals surface area (Å²) in [5.74, 6) is 0. The molecule has 0 radical (unpaired) electrons. The summed E-state index contributed by atoms with van der Waals surface area (Å²) in [6, 6.07) is 8.27. The Bertz CT molecular complexity index is 326. The molecule has 0 bridgehead atoms. The van der Waals surface area contributed by atoms with Crippen LogP contribution in [0, 0.1) is 0 Å². The van der Waals surface area contributed by atoms with Crippen LogP contribution in [-0.2, 0) is 0 Å². The molecule has 0 saturated carbocycles. The van der Waals surface area contributed by atoms with E-state index in [1.54, 1.807) is 0 Å². The van der Waals surface area contributed by atoms with Gasteiger partial charge in [0.25, 0.3) is 0 Å². The number of rotatable bonds is 3. The zero-order valence-electron chi connectivity index (χ0n) is 10.4. The van der Waals surface area contributed by atoms with Crippen molar-refractivity contribution >= 4 is 8.07 Å². The fraction of sp³-hybridized carbons (Fsp3) is 0.538. The standard InChI is InChI=1S/C13H22OSi/c1-10(14)12-8-6-7-9-13(12)11(2)15(3,4)5/h6-11,14H,1-5H3/t10-,11+/m1/s1. The molecule has 2 heteroatoms. The highest BCUT2D eigenvalue weighted by molar-refractivity contribution is 6.77. The highest BCUT2D eigenvalue weighted by Gasteiger charge is 2.26. The average molecular weight is 222 g/mol. The lowest BCUT2D eigenvalue weighted by molar-refractivity contribution is 0.198. The SMILES string of the molecule is C[C@@H](O)c1ccccc1[C@H](C)[Si](C)(C)C. The zero-order chi connectivity index (χ0) is 11.6. The third kappa shape index (κ3) is 2.92. The van der Waals surface area contributed by atoms with E-state index in [0.29, 0.717) is 5.54 Å². The van der Waals surface area contributed by atoms with Gasteiger partial charge >= 0.3 is 0 Å². The van der Waals surface area contributed by atoms with Gasteiger partial charge in [0.2, 0.25) is 0 Å². The summed E-state index contributed by atoms with van der Waals surface area (Å²) in [6.07, 6.45) is -0.361. The molecule has 84 valence electrons. The topological polar surface area (TPSA) is 20.2 Å². The molecule has 1 N–H and O–H groups in total. The molecule has 0 amide bonds. The van der Waals surface area contributed by atoms with Crippen LogP contribution in [0.1, 0.15) is 36.6 Å². The Morgan fingerprint density at radius 3 is 1.87 bits per heavy atom. The molecule has 1 aromatic rings. The Morgan fingerprint density at radius 2 is 1.47 bits per heavy atom. The Morgan fingerprint density at radius 1 is 1.00 bits per heavy atom. The molecule has 0 aliphatic rings. The van der Waals surface area contributed by atoms with Crippen molar-refractivity contribution in [3.8, 4) is 0 Å². The molecule has 0 fully saturated rings. The summed E-state index contributed by atoms with van der Waals surface area (Å²) in [4.78, 5) is 0. The van der Waals surface area contributed by atoms with E-state index in [1.807, 2.05) is 19.1 Å². The molecule has 1 rings (SSSR count). The van der Waals surface area contributed by atoms with E-state index in [4.69, 9.17) is 0 Å². The largest absolute Gasteiger partial charge is 0.389 e. The van der Waals surface area contributed by atoms with Gasteiger partial charge in [0.1, 0.15) is 0 Å². The molecule has 0 aliphatic carbocycles. The van der Waals surface area contributed by atoms with E-state index >= 15 is 0 Å². The highest BCUT2D eigenvalue weighted by Crippen LogP contribution is 2.31. The third-order valence-corrected chi connectivity index (χ3v) is 6.12. The first kappa shape index (κ1) is 12.5. The smallest absolute Gasteiger partial charge is 0.0764 e. The van der Waals surface area contributed by atoms with Gasteiger partial charge in [-0.1, -0.05) is 50.8 Å². The maximum Gasteiger partial charge on any atom is 0.0764 e. The van der Waals surface area contributed by atoms with E-state index in [-0.39, 0.29) is 6.10 Å². The van der Waals surface area contributed by atoms with Gasteiger partial charge in [-0.15, -0.1) is 0 Å². The van der Waals surface area contributed by atoms with E-state index in [2.05, 4.69) is 38.7 Å². The summed E-state index contributed by atoms with van der Waals surface area (Å²) in [6.45, 7) is 11.2. The molecule has 1 aromatic carbocycles. The van der Waals surface area contributed by atoms with Crippen molar-refractivity contribution in [1.29, 1.82) is 0 Å². The Kier molecular flexibility index (Phi) is 3.74. The van der Waals surface area contributed by atoms with Crippen LogP contribution in [0.5, 0.6) is 0 Å². The molecule has 0 heterocycles. The number of benzene rings is 1. The second-order valence-electron chi connectivity index (χ2n) is 5.39. The lowest BCUT2D eigenvalue weighted by Gasteiger charge is -2.28. The summed E-state index contributed by atoms with van der Waals surface area (Å²) < 4.78 is 0. The predicted octanol–water partition coefficient (Wildman–Crippen LogP) is 3.72. The number of hydrogen-bond acceptors (Lipinski definition) is 1. The van der Waals surface area contributed by atoms with Gasteiger partial charge < -0.3 is 5.11 Å². The van der Waals surface area contributed by atoms with Crippen molar-refractivity contribution in [2.24, 2.45) is 0 Å². The van der Waals surface area contributed by atoms with E-state index < -0.39 is 8.07 Å². The van der Waals surface area contributed by atoms with Gasteiger partial charge in [-0.05, 0) is 23.6 Å². The highest BCUT2D eigenvalue weighted by atomic mass is 28.3. The Labute approximate surface area is 94.2 Å². The first-order chi connectivity index (χ1) is 6.84. The lowest BCUT2D eigenvalue weighted by atomic mass is 10.0. The van der Waals surface area contributed by atoms with Crippen LogP contribution in [-0.4, -0.2) is 13.2 Å². The first-order valence-electron chi connectivity index (χ1n) is 5.61. The zero-order valence-corrected chi connectivity index (χ0v) is 11.4. The fourth-order valence-electron chi connectivity index (χ4n) is 1.75. The predicted molar refractivity (Wildman–Crippen MR) is 68.8 cm³/mol. The van der Waals surface area contributed by atoms with Crippen LogP contribution >= 0.6 is 0 Å². The second-order valence-corrected chi connectivity index (χ2v) is 11.0. The number of aliphatic hydroxyl groups is 1. The minimum atomic E-state index is -1.19. The van der Waals surface area contributed by atoms with Crippen LogP contribution in [0.15, 0.2) is 24.3 Å². The van der Waals surface area contributed by atoms with E-state index in [9.17, 15) is 5.11 Å². The van der Waals surface area contributed by atoms with Crippen LogP contribution < -0.4 is 0 Å². The van der Waals surface area contributed by atoms with Crippen LogP contribution in [0.2, 0.25) is 19.6 Å². The minimum absolute atomic E-state index is 0.361. The van der Waals surface area contributed by atoms with Crippen molar-refractivity contribution in [1.82, 2.24) is 0 Å². The second kappa shape index (κ2) is 4.50. The van der Waals surface area contributed by atoms with Gasteiger partial charge in [0.05, 0.1) is 14.2 Å². The van der Waals surface area contributed by atoms with E-state index in [1.165, 1.54) is 5.56 Å². The normalized spacial score (nSPS) is 16.1. The molecule has 15 heavy (non-hydrogen) atoms. The molecular weight excluding hydrogens is 200 g/mol. The molecule has 0 spiro atoms. The molecule has 0 saturated heterocycles. The van der Waals surface area contributed by atoms with Crippen LogP contribution in [0.3, 0.4) is 0 Å². The van der Waals surface area contributed by atoms with Crippen molar-refractivity contribution in [2.45, 2.75) is 45.1 Å². The van der Waals surface area contributed by atoms with Gasteiger partial charge in [0, 0.05) is 0 Å². The first-order valence-corrected chi connectivity index (χ1v) is 9.18. The maximum absolute atomic E-state index is 9.73. The van der Waals surface area contributed by atoms with Crippen molar-refractivity contribution in [2.75, 3.05) is 0 Å². The maximum atomic E-state index is 9.73. The fourth-order valence-corrected chi connectivity index (χ4v) is 2.95. The quantitative estimate of drug-likeness (QED) is 0.773. The summed E-state index contributed by atoms with van der Waals surface area (Å²) in [5.41, 5.74) is 3.00. The van der Waals surface area contributed by atoms with Gasteiger partial charge in [-0.2, -0.15) is 0 Å². The summed E-state index contributed by atoms with van der Waals surface area (Å²) in [5, 5.41) is 9.73. The van der Waals surface area contributed by atoms with Crippen LogP contribution in [0.25, 0.3) is 0 Å². The molecule has 0 unspecified atom stereocenters. The summed E-state index contributed by atoms with van der Waals surface area (Å²) >= 11 is 0. The number of aliphatic hydroxyl groups excluding tert-OH is 1. The average Bonchev–Trinajstić information content (AvgIpc) is 2.15. The number of hydrogen-bond donors (Lipinski definition) is 1. The van der Waals surface area contributed by atoms with E-state index in [0.717, 1.165) is 5.56 Å². The molecule has 0 aliphatic heterocycles. The lowest BCUT2D eigenvalue weighted by Crippen LogP contribution is -2.29. The van der Waals surface area contributed by atoms with Crippen LogP contribution in [0.4, 0.5) is 0 Å². The van der Waals surface area contributed by atoms with Gasteiger partial charge in [0.15, 0.2) is 0 Å². The third-order valence-electron chi connectivity index (χ3n) is 3.21. The molecule has 0 aromatic heterocycles. The molecule has 2 atom stereocenters. The van der Waals surface area contributed by atoms with Crippen molar-refractivity contribution in [3.05, 3.63) is 35.4 Å². The minimum Gasteiger partial charge on any atom is -0.389 e. The Balaban J connectivity index is 3.14. The van der Waals surface area contributed by atoms with Crippen molar-refractivity contribution < 1.29 is 5.11 Å². The molecule has 1 nitrogen and oxygen atoms in total. The van der Waals surface area contributed by atoms with Gasteiger partial charge in [-0.25, -0.2) is 0 Å².